The van der Waals surface area contributed by atoms with Crippen molar-refractivity contribution in [3.05, 3.63) is 29.3 Å². The van der Waals surface area contributed by atoms with Crippen molar-refractivity contribution in [1.29, 1.82) is 0 Å². The van der Waals surface area contributed by atoms with Gasteiger partial charge in [-0.05, 0) is 50.3 Å². The zero-order valence-electron chi connectivity index (χ0n) is 16.6. The van der Waals surface area contributed by atoms with E-state index in [2.05, 4.69) is 16.0 Å². The molecule has 1 saturated carbocycles. The molecule has 0 radical (unpaired) electrons. The van der Waals surface area contributed by atoms with Crippen molar-refractivity contribution in [2.75, 3.05) is 11.9 Å². The van der Waals surface area contributed by atoms with Crippen LogP contribution in [0.5, 0.6) is 0 Å². The van der Waals surface area contributed by atoms with Crippen molar-refractivity contribution in [3.8, 4) is 0 Å². The summed E-state index contributed by atoms with van der Waals surface area (Å²) < 4.78 is 0. The molecule has 1 aliphatic rings. The van der Waals surface area contributed by atoms with E-state index in [1.165, 1.54) is 31.4 Å². The lowest BCUT2D eigenvalue weighted by Gasteiger charge is -2.22. The predicted molar refractivity (Wildman–Crippen MR) is 109 cm³/mol. The second-order valence-corrected chi connectivity index (χ2v) is 7.43. The third-order valence-corrected chi connectivity index (χ3v) is 5.07. The first-order valence-electron chi connectivity index (χ1n) is 10.1. The fraction of sp³-hybridized carbons (Fsp3) is 0.571. The van der Waals surface area contributed by atoms with E-state index in [9.17, 15) is 14.4 Å². The summed E-state index contributed by atoms with van der Waals surface area (Å²) in [5, 5.41) is 17.7. The van der Waals surface area contributed by atoms with Crippen molar-refractivity contribution in [1.82, 2.24) is 10.6 Å². The topological polar surface area (TPSA) is 108 Å². The minimum atomic E-state index is -1.02. The van der Waals surface area contributed by atoms with Crippen LogP contribution in [0.25, 0.3) is 0 Å². The van der Waals surface area contributed by atoms with Crippen LogP contribution < -0.4 is 16.0 Å². The van der Waals surface area contributed by atoms with Gasteiger partial charge in [0.1, 0.15) is 0 Å². The van der Waals surface area contributed by atoms with Crippen molar-refractivity contribution < 1.29 is 19.5 Å². The van der Waals surface area contributed by atoms with Crippen LogP contribution in [0.3, 0.4) is 0 Å². The van der Waals surface area contributed by atoms with Crippen molar-refractivity contribution in [2.24, 2.45) is 0 Å². The van der Waals surface area contributed by atoms with Gasteiger partial charge >= 0.3 is 12.0 Å². The number of carbonyl (C=O) groups is 3. The molecule has 1 aliphatic carbocycles. The molecule has 0 heterocycles. The summed E-state index contributed by atoms with van der Waals surface area (Å²) >= 11 is 0. The number of aromatic carboxylic acids is 1. The molecule has 0 atom stereocenters. The number of rotatable bonds is 9. The lowest BCUT2D eigenvalue weighted by atomic mass is 9.96. The zero-order chi connectivity index (χ0) is 20.4. The maximum Gasteiger partial charge on any atom is 0.335 e. The van der Waals surface area contributed by atoms with E-state index in [0.717, 1.165) is 37.7 Å². The van der Waals surface area contributed by atoms with E-state index in [-0.39, 0.29) is 17.5 Å². The molecule has 4 N–H and O–H groups in total. The minimum Gasteiger partial charge on any atom is -0.478 e. The van der Waals surface area contributed by atoms with Crippen molar-refractivity contribution >= 4 is 23.6 Å². The van der Waals surface area contributed by atoms with E-state index >= 15 is 0 Å². The molecule has 0 aliphatic heterocycles. The predicted octanol–water partition coefficient (Wildman–Crippen LogP) is 3.82. The monoisotopic (exact) mass is 389 g/mol. The third-order valence-electron chi connectivity index (χ3n) is 5.07. The number of hydrogen-bond donors (Lipinski definition) is 4. The number of aryl methyl sites for hydroxylation is 1. The van der Waals surface area contributed by atoms with Gasteiger partial charge in [0.05, 0.1) is 5.56 Å². The standard InChI is InChI=1S/C21H31N3O4/c1-15-11-12-16(20(26)27)14-18(15)24-19(25)10-6-3-7-13-22-21(28)23-17-8-4-2-5-9-17/h11-12,14,17H,2-10,13H2,1H3,(H,24,25)(H,26,27)(H2,22,23,28). The number of carboxylic acid groups (broad SMARTS) is 1. The number of carbonyl (C=O) groups excluding carboxylic acids is 2. The summed E-state index contributed by atoms with van der Waals surface area (Å²) in [7, 11) is 0. The van der Waals surface area contributed by atoms with Crippen LogP contribution in [0.1, 0.15) is 73.7 Å². The number of urea groups is 1. The molecule has 0 unspecified atom stereocenters. The molecule has 28 heavy (non-hydrogen) atoms. The molecule has 7 heteroatoms. The van der Waals surface area contributed by atoms with Crippen LogP contribution in [0.2, 0.25) is 0 Å². The maximum absolute atomic E-state index is 12.1. The molecular weight excluding hydrogens is 358 g/mol. The van der Waals surface area contributed by atoms with E-state index in [1.807, 2.05) is 6.92 Å². The quantitative estimate of drug-likeness (QED) is 0.482. The summed E-state index contributed by atoms with van der Waals surface area (Å²) in [5.74, 6) is -1.15. The van der Waals surface area contributed by atoms with Crippen molar-refractivity contribution in [2.45, 2.75) is 70.8 Å². The van der Waals surface area contributed by atoms with Crippen LogP contribution in [-0.2, 0) is 4.79 Å². The smallest absolute Gasteiger partial charge is 0.335 e. The molecule has 0 saturated heterocycles. The molecule has 0 spiro atoms. The Morgan fingerprint density at radius 1 is 1.07 bits per heavy atom. The Balaban J connectivity index is 1.58. The van der Waals surface area contributed by atoms with Crippen LogP contribution in [-0.4, -0.2) is 35.6 Å². The summed E-state index contributed by atoms with van der Waals surface area (Å²) in [6.07, 6.45) is 8.51. The van der Waals surface area contributed by atoms with E-state index in [4.69, 9.17) is 5.11 Å². The highest BCUT2D eigenvalue weighted by Gasteiger charge is 2.15. The molecule has 3 amide bonds. The molecule has 0 aromatic heterocycles. The molecular formula is C21H31N3O4. The van der Waals surface area contributed by atoms with Gasteiger partial charge in [-0.2, -0.15) is 0 Å². The average Bonchev–Trinajstić information content (AvgIpc) is 2.67. The van der Waals surface area contributed by atoms with E-state index < -0.39 is 5.97 Å². The molecule has 0 bridgehead atoms. The first-order chi connectivity index (χ1) is 13.5. The van der Waals surface area contributed by atoms with Gasteiger partial charge in [-0.1, -0.05) is 31.7 Å². The first-order valence-corrected chi connectivity index (χ1v) is 10.1. The molecule has 7 nitrogen and oxygen atoms in total. The fourth-order valence-electron chi connectivity index (χ4n) is 3.38. The van der Waals surface area contributed by atoms with Crippen LogP contribution >= 0.6 is 0 Å². The van der Waals surface area contributed by atoms with Gasteiger partial charge in [-0.3, -0.25) is 4.79 Å². The second kappa shape index (κ2) is 11.3. The summed E-state index contributed by atoms with van der Waals surface area (Å²) in [4.78, 5) is 34.9. The number of hydrogen-bond acceptors (Lipinski definition) is 3. The minimum absolute atomic E-state index is 0.0987. The zero-order valence-corrected chi connectivity index (χ0v) is 16.6. The Bertz CT molecular complexity index is 684. The molecule has 2 rings (SSSR count). The number of carboxylic acids is 1. The van der Waals surface area contributed by atoms with Crippen molar-refractivity contribution in [3.63, 3.8) is 0 Å². The van der Waals surface area contributed by atoms with Gasteiger partial charge in [0.25, 0.3) is 0 Å². The normalized spacial score (nSPS) is 14.3. The Morgan fingerprint density at radius 2 is 1.82 bits per heavy atom. The highest BCUT2D eigenvalue weighted by atomic mass is 16.4. The van der Waals surface area contributed by atoms with Gasteiger partial charge in [0.15, 0.2) is 0 Å². The first kappa shape index (κ1) is 21.7. The number of amides is 3. The van der Waals surface area contributed by atoms with Gasteiger partial charge in [0, 0.05) is 24.7 Å². The van der Waals surface area contributed by atoms with Gasteiger partial charge in [-0.15, -0.1) is 0 Å². The molecule has 1 aromatic rings. The van der Waals surface area contributed by atoms with Gasteiger partial charge < -0.3 is 21.1 Å². The average molecular weight is 389 g/mol. The molecule has 1 aromatic carbocycles. The Labute approximate surface area is 166 Å². The summed E-state index contributed by atoms with van der Waals surface area (Å²) in [6, 6.07) is 4.89. The maximum atomic E-state index is 12.1. The highest BCUT2D eigenvalue weighted by molar-refractivity contribution is 5.94. The number of nitrogens with one attached hydrogen (secondary N) is 3. The Hall–Kier alpha value is -2.57. The Morgan fingerprint density at radius 3 is 2.54 bits per heavy atom. The summed E-state index contributed by atoms with van der Waals surface area (Å²) in [5.41, 5.74) is 1.51. The van der Waals surface area contributed by atoms with Gasteiger partial charge in [-0.25, -0.2) is 9.59 Å². The largest absolute Gasteiger partial charge is 0.478 e. The number of anilines is 1. The SMILES string of the molecule is Cc1ccc(C(=O)O)cc1NC(=O)CCCCCNC(=O)NC1CCCCC1. The second-order valence-electron chi connectivity index (χ2n) is 7.43. The highest BCUT2D eigenvalue weighted by Crippen LogP contribution is 2.18. The van der Waals surface area contributed by atoms with Crippen LogP contribution in [0.15, 0.2) is 18.2 Å². The molecule has 154 valence electrons. The lowest BCUT2D eigenvalue weighted by molar-refractivity contribution is -0.116. The lowest BCUT2D eigenvalue weighted by Crippen LogP contribution is -2.43. The van der Waals surface area contributed by atoms with E-state index in [0.29, 0.717) is 24.7 Å². The fourth-order valence-corrected chi connectivity index (χ4v) is 3.38. The Kier molecular flexibility index (Phi) is 8.78. The third kappa shape index (κ3) is 7.58. The molecule has 1 fully saturated rings. The number of unbranched alkanes of at least 4 members (excludes halogenated alkanes) is 2. The number of benzene rings is 1. The van der Waals surface area contributed by atoms with Crippen LogP contribution in [0, 0.1) is 6.92 Å². The summed E-state index contributed by atoms with van der Waals surface area (Å²) in [6.45, 7) is 2.42. The van der Waals surface area contributed by atoms with Gasteiger partial charge in [0.2, 0.25) is 5.91 Å². The van der Waals surface area contributed by atoms with Crippen LogP contribution in [0.4, 0.5) is 10.5 Å². The van der Waals surface area contributed by atoms with E-state index in [1.54, 1.807) is 6.07 Å².